The highest BCUT2D eigenvalue weighted by atomic mass is 19.2. The Morgan fingerprint density at radius 1 is 1.18 bits per heavy atom. The van der Waals surface area contributed by atoms with Crippen molar-refractivity contribution < 1.29 is 22.4 Å². The molecule has 0 bridgehead atoms. The average Bonchev–Trinajstić information content (AvgIpc) is 2.52. The number of Topliss-reactive ketones (excluding diaryl/α,β-unsaturated/α-hetero) is 1. The fourth-order valence-electron chi connectivity index (χ4n) is 2.82. The molecule has 1 aliphatic carbocycles. The fraction of sp³-hybridized carbons (Fsp3) is 0.312. The number of rotatable bonds is 2. The van der Waals surface area contributed by atoms with Crippen LogP contribution in [0.5, 0.6) is 0 Å². The molecule has 0 amide bonds. The van der Waals surface area contributed by atoms with Crippen molar-refractivity contribution in [3.05, 3.63) is 58.6 Å². The molecule has 1 atom stereocenters. The average molecular weight is 311 g/mol. The van der Waals surface area contributed by atoms with Gasteiger partial charge in [0.15, 0.2) is 23.2 Å². The quantitative estimate of drug-likeness (QED) is 0.616. The summed E-state index contributed by atoms with van der Waals surface area (Å²) >= 11 is 0. The summed E-state index contributed by atoms with van der Waals surface area (Å²) in [4.78, 5) is 13.6. The van der Waals surface area contributed by atoms with E-state index in [1.807, 2.05) is 0 Å². The lowest BCUT2D eigenvalue weighted by atomic mass is 9.90. The number of ketones is 1. The molecular weight excluding hydrogens is 298 g/mol. The molecule has 1 aromatic carbocycles. The third kappa shape index (κ3) is 2.42. The normalized spacial score (nSPS) is 21.4. The Labute approximate surface area is 124 Å². The van der Waals surface area contributed by atoms with Gasteiger partial charge in [0.1, 0.15) is 6.17 Å². The summed E-state index contributed by atoms with van der Waals surface area (Å²) in [6.45, 7) is 0.167. The molecule has 0 unspecified atom stereocenters. The van der Waals surface area contributed by atoms with Crippen LogP contribution in [0.1, 0.15) is 18.4 Å². The number of benzene rings is 1. The van der Waals surface area contributed by atoms with Crippen molar-refractivity contribution in [2.45, 2.75) is 25.6 Å². The molecule has 0 spiro atoms. The van der Waals surface area contributed by atoms with Gasteiger partial charge in [0.2, 0.25) is 0 Å². The van der Waals surface area contributed by atoms with Crippen LogP contribution in [0.3, 0.4) is 0 Å². The minimum atomic E-state index is -1.54. The smallest absolute Gasteiger partial charge is 0.194 e. The molecule has 0 aromatic heterocycles. The van der Waals surface area contributed by atoms with E-state index in [0.29, 0.717) is 0 Å². The van der Waals surface area contributed by atoms with Crippen LogP contribution in [-0.4, -0.2) is 23.4 Å². The first-order valence-corrected chi connectivity index (χ1v) is 6.94. The van der Waals surface area contributed by atoms with Crippen LogP contribution >= 0.6 is 0 Å². The molecule has 2 aliphatic rings. The van der Waals surface area contributed by atoms with E-state index in [-0.39, 0.29) is 48.5 Å². The number of halogens is 4. The maximum absolute atomic E-state index is 13.9. The van der Waals surface area contributed by atoms with E-state index in [2.05, 4.69) is 0 Å². The number of carbonyl (C=O) groups excluding carboxylic acids is 1. The van der Waals surface area contributed by atoms with Crippen LogP contribution in [0.4, 0.5) is 17.6 Å². The summed E-state index contributed by atoms with van der Waals surface area (Å²) in [6.07, 6.45) is 2.22. The summed E-state index contributed by atoms with van der Waals surface area (Å²) in [7, 11) is 0. The second kappa shape index (κ2) is 5.59. The van der Waals surface area contributed by atoms with E-state index in [9.17, 15) is 22.4 Å². The zero-order valence-electron chi connectivity index (χ0n) is 11.6. The molecule has 6 heteroatoms. The van der Waals surface area contributed by atoms with E-state index in [4.69, 9.17) is 0 Å². The number of allylic oxidation sites excluding steroid dienone is 3. The molecule has 0 fully saturated rings. The van der Waals surface area contributed by atoms with Crippen LogP contribution in [0.15, 0.2) is 35.6 Å². The van der Waals surface area contributed by atoms with Gasteiger partial charge in [-0.1, -0.05) is 18.2 Å². The maximum atomic E-state index is 13.9. The van der Waals surface area contributed by atoms with Crippen LogP contribution in [0.25, 0.3) is 0 Å². The fourth-order valence-corrected chi connectivity index (χ4v) is 2.82. The third-order valence-corrected chi connectivity index (χ3v) is 3.92. The molecule has 0 saturated heterocycles. The van der Waals surface area contributed by atoms with Gasteiger partial charge in [0.05, 0.1) is 5.70 Å². The van der Waals surface area contributed by atoms with Gasteiger partial charge >= 0.3 is 0 Å². The van der Waals surface area contributed by atoms with Gasteiger partial charge in [-0.05, 0) is 12.5 Å². The van der Waals surface area contributed by atoms with Gasteiger partial charge in [-0.3, -0.25) is 4.79 Å². The minimum Gasteiger partial charge on any atom is -0.360 e. The summed E-state index contributed by atoms with van der Waals surface area (Å²) in [6, 6.07) is 1.97. The maximum Gasteiger partial charge on any atom is 0.194 e. The van der Waals surface area contributed by atoms with Crippen molar-refractivity contribution in [1.82, 2.24) is 4.90 Å². The molecule has 1 aliphatic heterocycles. The van der Waals surface area contributed by atoms with E-state index in [1.165, 1.54) is 4.90 Å². The lowest BCUT2D eigenvalue weighted by Crippen LogP contribution is -2.35. The first-order chi connectivity index (χ1) is 10.5. The highest BCUT2D eigenvalue weighted by Crippen LogP contribution is 2.32. The molecule has 3 rings (SSSR count). The Kier molecular flexibility index (Phi) is 3.76. The predicted molar refractivity (Wildman–Crippen MR) is 72.0 cm³/mol. The van der Waals surface area contributed by atoms with Gasteiger partial charge in [-0.2, -0.15) is 0 Å². The minimum absolute atomic E-state index is 0.0742. The molecule has 22 heavy (non-hydrogen) atoms. The number of nitrogens with zero attached hydrogens (tertiary/aromatic N) is 1. The molecule has 2 nitrogen and oxygen atoms in total. The second-order valence-corrected chi connectivity index (χ2v) is 5.35. The summed E-state index contributed by atoms with van der Waals surface area (Å²) in [5.74, 6) is -4.30. The lowest BCUT2D eigenvalue weighted by Gasteiger charge is -2.33. The topological polar surface area (TPSA) is 20.3 Å². The Morgan fingerprint density at radius 3 is 2.73 bits per heavy atom. The van der Waals surface area contributed by atoms with Crippen molar-refractivity contribution in [2.75, 3.05) is 6.54 Å². The second-order valence-electron chi connectivity index (χ2n) is 5.35. The van der Waals surface area contributed by atoms with Gasteiger partial charge in [-0.25, -0.2) is 17.6 Å². The van der Waals surface area contributed by atoms with Crippen LogP contribution in [0, 0.1) is 17.5 Å². The Morgan fingerprint density at radius 2 is 1.95 bits per heavy atom. The molecule has 1 aromatic rings. The monoisotopic (exact) mass is 311 g/mol. The summed E-state index contributed by atoms with van der Waals surface area (Å²) < 4.78 is 54.0. The highest BCUT2D eigenvalue weighted by Gasteiger charge is 2.32. The van der Waals surface area contributed by atoms with E-state index >= 15 is 0 Å². The predicted octanol–water partition coefficient (Wildman–Crippen LogP) is 3.43. The lowest BCUT2D eigenvalue weighted by molar-refractivity contribution is -0.118. The van der Waals surface area contributed by atoms with Crippen LogP contribution < -0.4 is 0 Å². The van der Waals surface area contributed by atoms with Crippen LogP contribution in [0.2, 0.25) is 0 Å². The summed E-state index contributed by atoms with van der Waals surface area (Å²) in [5, 5.41) is 0. The number of alkyl halides is 1. The molecule has 0 saturated carbocycles. The Balaban J connectivity index is 1.95. The third-order valence-electron chi connectivity index (χ3n) is 3.92. The van der Waals surface area contributed by atoms with E-state index in [0.717, 1.165) is 12.1 Å². The van der Waals surface area contributed by atoms with Gasteiger partial charge in [-0.15, -0.1) is 0 Å². The first-order valence-electron chi connectivity index (χ1n) is 6.94. The molecule has 1 heterocycles. The van der Waals surface area contributed by atoms with Gasteiger partial charge in [0.25, 0.3) is 0 Å². The molecule has 116 valence electrons. The number of carbonyl (C=O) groups is 1. The molecule has 0 N–H and O–H groups in total. The highest BCUT2D eigenvalue weighted by molar-refractivity contribution is 5.97. The van der Waals surface area contributed by atoms with E-state index < -0.39 is 23.6 Å². The van der Waals surface area contributed by atoms with Gasteiger partial charge < -0.3 is 4.90 Å². The number of hydrogen-bond donors (Lipinski definition) is 0. The first kappa shape index (κ1) is 14.8. The Hall–Kier alpha value is -2.11. The largest absolute Gasteiger partial charge is 0.360 e. The number of hydrogen-bond acceptors (Lipinski definition) is 2. The SMILES string of the molecule is O=C1CC[C@H](F)C2=C1N(Cc1ccc(F)c(F)c1F)CC=C2. The van der Waals surface area contributed by atoms with Crippen molar-refractivity contribution >= 4 is 5.78 Å². The standard InChI is InChI=1S/C16H13F4NO/c17-11-5-6-13(22)16-10(11)2-1-7-21(16)8-9-3-4-12(18)15(20)14(9)19/h1-4,11H,5-8H2/t11-/m0/s1. The summed E-state index contributed by atoms with van der Waals surface area (Å²) in [5.41, 5.74) is 0.422. The zero-order valence-corrected chi connectivity index (χ0v) is 11.6. The van der Waals surface area contributed by atoms with Crippen molar-refractivity contribution in [1.29, 1.82) is 0 Å². The van der Waals surface area contributed by atoms with E-state index in [1.54, 1.807) is 12.2 Å². The molecule has 0 radical (unpaired) electrons. The molecular formula is C16H13F4NO. The van der Waals surface area contributed by atoms with Gasteiger partial charge in [0, 0.05) is 30.6 Å². The van der Waals surface area contributed by atoms with Crippen molar-refractivity contribution in [2.24, 2.45) is 0 Å². The van der Waals surface area contributed by atoms with Crippen molar-refractivity contribution in [3.63, 3.8) is 0 Å². The Bertz CT molecular complexity index is 696. The van der Waals surface area contributed by atoms with Crippen LogP contribution in [-0.2, 0) is 11.3 Å². The van der Waals surface area contributed by atoms with Crippen molar-refractivity contribution in [3.8, 4) is 0 Å². The zero-order chi connectivity index (χ0) is 15.9.